The maximum absolute atomic E-state index is 12.3. The minimum absolute atomic E-state index is 0.00814. The summed E-state index contributed by atoms with van der Waals surface area (Å²) >= 11 is 7.51. The van der Waals surface area contributed by atoms with Crippen molar-refractivity contribution in [2.24, 2.45) is 0 Å². The molecule has 1 fully saturated rings. The van der Waals surface area contributed by atoms with Crippen molar-refractivity contribution in [1.29, 1.82) is 0 Å². The molecule has 0 spiro atoms. The van der Waals surface area contributed by atoms with E-state index in [0.717, 1.165) is 9.21 Å². The molecule has 6 nitrogen and oxygen atoms in total. The third kappa shape index (κ3) is 5.44. The van der Waals surface area contributed by atoms with Crippen molar-refractivity contribution < 1.29 is 14.3 Å². The Morgan fingerprint density at radius 1 is 1.46 bits per heavy atom. The smallest absolute Gasteiger partial charge is 0.237 e. The minimum Gasteiger partial charge on any atom is -0.384 e. The Labute approximate surface area is 151 Å². The quantitative estimate of drug-likeness (QED) is 0.726. The Morgan fingerprint density at radius 2 is 2.25 bits per heavy atom. The molecule has 2 N–H and O–H groups in total. The third-order valence-corrected chi connectivity index (χ3v) is 5.16. The number of methoxy groups -OCH3 is 1. The van der Waals surface area contributed by atoms with Gasteiger partial charge in [-0.25, -0.2) is 0 Å². The van der Waals surface area contributed by atoms with E-state index in [4.69, 9.17) is 16.3 Å². The van der Waals surface area contributed by atoms with E-state index >= 15 is 0 Å². The number of rotatable bonds is 8. The molecule has 134 valence electrons. The van der Waals surface area contributed by atoms with Crippen molar-refractivity contribution in [3.63, 3.8) is 0 Å². The summed E-state index contributed by atoms with van der Waals surface area (Å²) < 4.78 is 5.66. The molecule has 1 saturated heterocycles. The zero-order chi connectivity index (χ0) is 17.5. The molecule has 1 aromatic rings. The monoisotopic (exact) mass is 373 g/mol. The lowest BCUT2D eigenvalue weighted by Gasteiger charge is -2.22. The number of carbonyl (C=O) groups excluding carboxylic acids is 2. The molecule has 1 aromatic heterocycles. The molecule has 1 aliphatic rings. The first kappa shape index (κ1) is 19.2. The fraction of sp³-hybridized carbons (Fsp3) is 0.625. The fourth-order valence-electron chi connectivity index (χ4n) is 2.88. The van der Waals surface area contributed by atoms with Crippen LogP contribution >= 0.6 is 22.9 Å². The van der Waals surface area contributed by atoms with E-state index in [1.165, 1.54) is 11.3 Å². The predicted molar refractivity (Wildman–Crippen MR) is 95.3 cm³/mol. The van der Waals surface area contributed by atoms with Gasteiger partial charge in [0.1, 0.15) is 0 Å². The van der Waals surface area contributed by atoms with Crippen molar-refractivity contribution in [3.8, 4) is 0 Å². The molecule has 0 aliphatic carbocycles. The second-order valence-electron chi connectivity index (χ2n) is 5.79. The number of ether oxygens (including phenoxy) is 1. The molecule has 0 saturated carbocycles. The number of likely N-dealkylation sites (tertiary alicyclic amines) is 1. The lowest BCUT2D eigenvalue weighted by molar-refractivity contribution is -0.126. The Morgan fingerprint density at radius 3 is 2.88 bits per heavy atom. The standard InChI is InChI=1S/C16H24ClN3O3S/c1-3-18-16(22)13-8-11(19-15(21)6-7-23-2)9-20(13)10-12-4-5-14(17)24-12/h4-5,11,13H,3,6-10H2,1-2H3,(H,18,22)(H,19,21)/t11-,13-/m0/s1. The van der Waals surface area contributed by atoms with Crippen LogP contribution in [0.2, 0.25) is 4.34 Å². The van der Waals surface area contributed by atoms with Crippen molar-refractivity contribution in [3.05, 3.63) is 21.3 Å². The Bertz CT molecular complexity index is 567. The van der Waals surface area contributed by atoms with Gasteiger partial charge in [0.25, 0.3) is 0 Å². The van der Waals surface area contributed by atoms with Crippen LogP contribution in [-0.2, 0) is 20.9 Å². The number of nitrogens with one attached hydrogen (secondary N) is 2. The lowest BCUT2D eigenvalue weighted by Crippen LogP contribution is -2.42. The van der Waals surface area contributed by atoms with Crippen molar-refractivity contribution in [2.75, 3.05) is 26.8 Å². The summed E-state index contributed by atoms with van der Waals surface area (Å²) in [5, 5.41) is 5.88. The molecule has 24 heavy (non-hydrogen) atoms. The van der Waals surface area contributed by atoms with Crippen LogP contribution in [0.1, 0.15) is 24.6 Å². The van der Waals surface area contributed by atoms with Gasteiger partial charge in [-0.1, -0.05) is 11.6 Å². The summed E-state index contributed by atoms with van der Waals surface area (Å²) in [6, 6.07) is 3.57. The number of amides is 2. The lowest BCUT2D eigenvalue weighted by atomic mass is 10.1. The first-order valence-electron chi connectivity index (χ1n) is 8.07. The molecule has 0 aromatic carbocycles. The van der Waals surface area contributed by atoms with Crippen LogP contribution in [-0.4, -0.2) is 55.6 Å². The summed E-state index contributed by atoms with van der Waals surface area (Å²) in [4.78, 5) is 27.5. The molecule has 2 atom stereocenters. The van der Waals surface area contributed by atoms with Gasteiger partial charge in [-0.2, -0.15) is 0 Å². The maximum atomic E-state index is 12.3. The van der Waals surface area contributed by atoms with E-state index in [0.29, 0.717) is 39.1 Å². The van der Waals surface area contributed by atoms with Gasteiger partial charge in [0.05, 0.1) is 17.0 Å². The van der Waals surface area contributed by atoms with E-state index in [2.05, 4.69) is 15.5 Å². The summed E-state index contributed by atoms with van der Waals surface area (Å²) in [6.45, 7) is 4.20. The summed E-state index contributed by atoms with van der Waals surface area (Å²) in [7, 11) is 1.57. The fourth-order valence-corrected chi connectivity index (χ4v) is 3.99. The molecule has 2 heterocycles. The van der Waals surface area contributed by atoms with Crippen LogP contribution in [0.5, 0.6) is 0 Å². The maximum Gasteiger partial charge on any atom is 0.237 e. The van der Waals surface area contributed by atoms with Gasteiger partial charge in [0, 0.05) is 44.1 Å². The van der Waals surface area contributed by atoms with Gasteiger partial charge in [0.2, 0.25) is 11.8 Å². The van der Waals surface area contributed by atoms with Crippen LogP contribution in [0.15, 0.2) is 12.1 Å². The van der Waals surface area contributed by atoms with Crippen LogP contribution in [0, 0.1) is 0 Å². The highest BCUT2D eigenvalue weighted by Gasteiger charge is 2.37. The van der Waals surface area contributed by atoms with E-state index in [-0.39, 0.29) is 23.9 Å². The number of halogens is 1. The molecule has 8 heteroatoms. The van der Waals surface area contributed by atoms with Gasteiger partial charge < -0.3 is 15.4 Å². The molecule has 1 aliphatic heterocycles. The van der Waals surface area contributed by atoms with Crippen molar-refractivity contribution >= 4 is 34.8 Å². The molecule has 2 amide bonds. The Kier molecular flexibility index (Phi) is 7.48. The first-order valence-corrected chi connectivity index (χ1v) is 9.27. The van der Waals surface area contributed by atoms with Crippen LogP contribution < -0.4 is 10.6 Å². The second kappa shape index (κ2) is 9.36. The SMILES string of the molecule is CCNC(=O)[C@@H]1C[C@H](NC(=O)CCOC)CN1Cc1ccc(Cl)s1. The Hall–Kier alpha value is -1.15. The van der Waals surface area contributed by atoms with Crippen molar-refractivity contribution in [2.45, 2.75) is 38.4 Å². The average Bonchev–Trinajstić information content (AvgIpc) is 3.12. The molecule has 2 rings (SSSR count). The largest absolute Gasteiger partial charge is 0.384 e. The summed E-state index contributed by atoms with van der Waals surface area (Å²) in [6.07, 6.45) is 0.947. The van der Waals surface area contributed by atoms with Crippen LogP contribution in [0.25, 0.3) is 0 Å². The Balaban J connectivity index is 1.99. The van der Waals surface area contributed by atoms with Crippen LogP contribution in [0.4, 0.5) is 0 Å². The number of carbonyl (C=O) groups is 2. The zero-order valence-corrected chi connectivity index (χ0v) is 15.6. The van der Waals surface area contributed by atoms with Gasteiger partial charge in [-0.15, -0.1) is 11.3 Å². The van der Waals surface area contributed by atoms with E-state index in [1.54, 1.807) is 7.11 Å². The highest BCUT2D eigenvalue weighted by molar-refractivity contribution is 7.16. The van der Waals surface area contributed by atoms with Gasteiger partial charge in [-0.05, 0) is 25.5 Å². The number of likely N-dealkylation sites (N-methyl/N-ethyl adjacent to an activating group) is 1. The molecular formula is C16H24ClN3O3S. The van der Waals surface area contributed by atoms with E-state index < -0.39 is 0 Å². The van der Waals surface area contributed by atoms with E-state index in [9.17, 15) is 9.59 Å². The highest BCUT2D eigenvalue weighted by atomic mass is 35.5. The predicted octanol–water partition coefficient (Wildman–Crippen LogP) is 1.63. The summed E-state index contributed by atoms with van der Waals surface area (Å²) in [5.74, 6) is -0.0358. The van der Waals surface area contributed by atoms with Gasteiger partial charge in [-0.3, -0.25) is 14.5 Å². The third-order valence-electron chi connectivity index (χ3n) is 3.94. The highest BCUT2D eigenvalue weighted by Crippen LogP contribution is 2.26. The number of nitrogens with zero attached hydrogens (tertiary/aromatic N) is 1. The molecule has 0 bridgehead atoms. The zero-order valence-electron chi connectivity index (χ0n) is 14.0. The van der Waals surface area contributed by atoms with Gasteiger partial charge in [0.15, 0.2) is 0 Å². The summed E-state index contributed by atoms with van der Waals surface area (Å²) in [5.41, 5.74) is 0. The normalized spacial score (nSPS) is 21.0. The van der Waals surface area contributed by atoms with Gasteiger partial charge >= 0.3 is 0 Å². The number of hydrogen-bond donors (Lipinski definition) is 2. The van der Waals surface area contributed by atoms with E-state index in [1.807, 2.05) is 19.1 Å². The van der Waals surface area contributed by atoms with Crippen LogP contribution in [0.3, 0.4) is 0 Å². The second-order valence-corrected chi connectivity index (χ2v) is 7.59. The molecular weight excluding hydrogens is 350 g/mol. The molecule has 0 radical (unpaired) electrons. The molecule has 0 unspecified atom stereocenters. The first-order chi connectivity index (χ1) is 11.5. The topological polar surface area (TPSA) is 70.7 Å². The minimum atomic E-state index is -0.237. The average molecular weight is 374 g/mol. The van der Waals surface area contributed by atoms with Crippen molar-refractivity contribution in [1.82, 2.24) is 15.5 Å². The number of thiophene rings is 1. The number of hydrogen-bond acceptors (Lipinski definition) is 5.